The third-order valence-electron chi connectivity index (χ3n) is 2.39. The third-order valence-corrected chi connectivity index (χ3v) is 4.83. The van der Waals surface area contributed by atoms with Gasteiger partial charge in [-0.25, -0.2) is 17.9 Å². The number of hydrogen-bond donors (Lipinski definition) is 3. The van der Waals surface area contributed by atoms with Crippen molar-refractivity contribution in [3.63, 3.8) is 0 Å². The summed E-state index contributed by atoms with van der Waals surface area (Å²) >= 11 is 3.02. The van der Waals surface area contributed by atoms with Crippen molar-refractivity contribution < 1.29 is 23.1 Å². The second kappa shape index (κ2) is 6.82. The maximum absolute atomic E-state index is 12.0. The van der Waals surface area contributed by atoms with E-state index in [1.165, 1.54) is 25.2 Å². The molecular weight excluding hydrogens is 352 g/mol. The first kappa shape index (κ1) is 16.6. The number of sulfonamides is 1. The summed E-state index contributed by atoms with van der Waals surface area (Å²) in [5.74, 6) is -1.43. The van der Waals surface area contributed by atoms with Crippen molar-refractivity contribution in [3.05, 3.63) is 28.2 Å². The minimum Gasteiger partial charge on any atom is -0.478 e. The van der Waals surface area contributed by atoms with Crippen molar-refractivity contribution in [1.82, 2.24) is 10.0 Å². The quantitative estimate of drug-likeness (QED) is 0.682. The zero-order valence-corrected chi connectivity index (χ0v) is 12.9. The van der Waals surface area contributed by atoms with Crippen molar-refractivity contribution in [2.24, 2.45) is 0 Å². The zero-order valence-electron chi connectivity index (χ0n) is 10.5. The number of carboxylic acids is 1. The van der Waals surface area contributed by atoms with E-state index in [1.54, 1.807) is 0 Å². The number of benzene rings is 1. The number of halogens is 1. The first-order valence-electron chi connectivity index (χ1n) is 5.51. The molecule has 20 heavy (non-hydrogen) atoms. The van der Waals surface area contributed by atoms with Crippen molar-refractivity contribution in [3.8, 4) is 0 Å². The van der Waals surface area contributed by atoms with Gasteiger partial charge in [0.15, 0.2) is 0 Å². The molecule has 0 atom stereocenters. The monoisotopic (exact) mass is 364 g/mol. The molecule has 0 unspecified atom stereocenters. The van der Waals surface area contributed by atoms with Crippen LogP contribution in [0.4, 0.5) is 0 Å². The van der Waals surface area contributed by atoms with Gasteiger partial charge in [0, 0.05) is 24.5 Å². The number of nitrogens with one attached hydrogen (secondary N) is 2. The molecule has 0 bridgehead atoms. The van der Waals surface area contributed by atoms with E-state index in [1.807, 2.05) is 0 Å². The van der Waals surface area contributed by atoms with E-state index in [-0.39, 0.29) is 33.8 Å². The molecule has 0 radical (unpaired) electrons. The molecule has 0 aliphatic heterocycles. The maximum Gasteiger partial charge on any atom is 0.335 e. The van der Waals surface area contributed by atoms with Crippen LogP contribution in [-0.4, -0.2) is 39.0 Å². The number of rotatable bonds is 6. The first-order valence-corrected chi connectivity index (χ1v) is 7.78. The molecule has 110 valence electrons. The summed E-state index contributed by atoms with van der Waals surface area (Å²) in [4.78, 5) is 21.7. The van der Waals surface area contributed by atoms with E-state index in [0.717, 1.165) is 0 Å². The van der Waals surface area contributed by atoms with Gasteiger partial charge in [-0.05, 0) is 34.1 Å². The Morgan fingerprint density at radius 2 is 2.00 bits per heavy atom. The van der Waals surface area contributed by atoms with Crippen molar-refractivity contribution >= 4 is 37.8 Å². The van der Waals surface area contributed by atoms with Gasteiger partial charge in [0.2, 0.25) is 15.9 Å². The van der Waals surface area contributed by atoms with E-state index >= 15 is 0 Å². The van der Waals surface area contributed by atoms with Gasteiger partial charge in [-0.2, -0.15) is 0 Å². The van der Waals surface area contributed by atoms with Crippen LogP contribution in [0, 0.1) is 0 Å². The van der Waals surface area contributed by atoms with Crippen LogP contribution in [0.5, 0.6) is 0 Å². The molecule has 3 N–H and O–H groups in total. The van der Waals surface area contributed by atoms with E-state index < -0.39 is 16.0 Å². The lowest BCUT2D eigenvalue weighted by molar-refractivity contribution is -0.120. The summed E-state index contributed by atoms with van der Waals surface area (Å²) < 4.78 is 26.4. The molecule has 0 aromatic heterocycles. The fraction of sp³-hybridized carbons (Fsp3) is 0.273. The Labute approximate surface area is 124 Å². The zero-order chi connectivity index (χ0) is 15.3. The SMILES string of the molecule is CNC(=O)CCNS(=O)(=O)c1ccc(C(=O)O)cc1Br. The molecule has 0 fully saturated rings. The van der Waals surface area contributed by atoms with E-state index in [9.17, 15) is 18.0 Å². The molecule has 9 heteroatoms. The highest BCUT2D eigenvalue weighted by Crippen LogP contribution is 2.23. The summed E-state index contributed by atoms with van der Waals surface area (Å²) in [6.07, 6.45) is 0.0144. The Hall–Kier alpha value is -1.45. The highest BCUT2D eigenvalue weighted by atomic mass is 79.9. The standard InChI is InChI=1S/C11H13BrN2O5S/c1-13-10(15)4-5-14-20(18,19)9-3-2-7(11(16)17)6-8(9)12/h2-3,6,14H,4-5H2,1H3,(H,13,15)(H,16,17). The lowest BCUT2D eigenvalue weighted by Gasteiger charge is -2.08. The average molecular weight is 365 g/mol. The highest BCUT2D eigenvalue weighted by molar-refractivity contribution is 9.10. The second-order valence-corrected chi connectivity index (χ2v) is 6.36. The molecule has 1 amide bonds. The Kier molecular flexibility index (Phi) is 5.66. The van der Waals surface area contributed by atoms with Gasteiger partial charge in [0.25, 0.3) is 0 Å². The van der Waals surface area contributed by atoms with Crippen LogP contribution in [0.25, 0.3) is 0 Å². The summed E-state index contributed by atoms with van der Waals surface area (Å²) in [5, 5.41) is 11.2. The summed E-state index contributed by atoms with van der Waals surface area (Å²) in [6, 6.07) is 3.59. The van der Waals surface area contributed by atoms with Gasteiger partial charge >= 0.3 is 5.97 Å². The van der Waals surface area contributed by atoms with Crippen molar-refractivity contribution in [2.75, 3.05) is 13.6 Å². The molecular formula is C11H13BrN2O5S. The molecule has 0 spiro atoms. The topological polar surface area (TPSA) is 113 Å². The number of hydrogen-bond acceptors (Lipinski definition) is 4. The number of aromatic carboxylic acids is 1. The van der Waals surface area contributed by atoms with E-state index in [2.05, 4.69) is 26.0 Å². The predicted molar refractivity (Wildman–Crippen MR) is 75.0 cm³/mol. The van der Waals surface area contributed by atoms with Crippen LogP contribution in [0.1, 0.15) is 16.8 Å². The molecule has 0 heterocycles. The molecule has 1 rings (SSSR count). The lowest BCUT2D eigenvalue weighted by Crippen LogP contribution is -2.29. The van der Waals surface area contributed by atoms with Gasteiger partial charge in [-0.15, -0.1) is 0 Å². The Morgan fingerprint density at radius 1 is 1.35 bits per heavy atom. The van der Waals surface area contributed by atoms with Gasteiger partial charge in [-0.3, -0.25) is 4.79 Å². The summed E-state index contributed by atoms with van der Waals surface area (Å²) in [7, 11) is -2.35. The Bertz CT molecular complexity index is 630. The van der Waals surface area contributed by atoms with Gasteiger partial charge in [-0.1, -0.05) is 0 Å². The summed E-state index contributed by atoms with van der Waals surface area (Å²) in [6.45, 7) is -0.0465. The normalized spacial score (nSPS) is 11.1. The fourth-order valence-electron chi connectivity index (χ4n) is 1.35. The minimum atomic E-state index is -3.81. The minimum absolute atomic E-state index is 0.0144. The Balaban J connectivity index is 2.87. The van der Waals surface area contributed by atoms with Gasteiger partial charge in [0.1, 0.15) is 0 Å². The van der Waals surface area contributed by atoms with Gasteiger partial charge in [0.05, 0.1) is 10.5 Å². The third kappa shape index (κ3) is 4.29. The van der Waals surface area contributed by atoms with Crippen molar-refractivity contribution in [2.45, 2.75) is 11.3 Å². The number of amides is 1. The smallest absolute Gasteiger partial charge is 0.335 e. The van der Waals surface area contributed by atoms with Crippen LogP contribution in [0.3, 0.4) is 0 Å². The molecule has 0 saturated carbocycles. The second-order valence-electron chi connectivity index (χ2n) is 3.77. The molecule has 0 saturated heterocycles. The molecule has 1 aromatic rings. The van der Waals surface area contributed by atoms with Crippen LogP contribution in [0.2, 0.25) is 0 Å². The molecule has 0 aliphatic rings. The average Bonchev–Trinajstić information content (AvgIpc) is 2.37. The van der Waals surface area contributed by atoms with Crippen LogP contribution < -0.4 is 10.0 Å². The Morgan fingerprint density at radius 3 is 2.50 bits per heavy atom. The van der Waals surface area contributed by atoms with E-state index in [4.69, 9.17) is 5.11 Å². The predicted octanol–water partition coefficient (Wildman–Crippen LogP) is 0.562. The largest absolute Gasteiger partial charge is 0.478 e. The van der Waals surface area contributed by atoms with Gasteiger partial charge < -0.3 is 10.4 Å². The number of carbonyl (C=O) groups excluding carboxylic acids is 1. The lowest BCUT2D eigenvalue weighted by atomic mass is 10.2. The first-order chi connectivity index (χ1) is 9.27. The van der Waals surface area contributed by atoms with Crippen LogP contribution in [0.15, 0.2) is 27.6 Å². The highest BCUT2D eigenvalue weighted by Gasteiger charge is 2.18. The fourth-order valence-corrected chi connectivity index (χ4v) is 3.46. The van der Waals surface area contributed by atoms with E-state index in [0.29, 0.717) is 0 Å². The summed E-state index contributed by atoms with van der Waals surface area (Å²) in [5.41, 5.74) is -0.0267. The molecule has 0 aliphatic carbocycles. The number of carbonyl (C=O) groups is 2. The maximum atomic E-state index is 12.0. The molecule has 1 aromatic carbocycles. The number of carboxylic acid groups (broad SMARTS) is 1. The van der Waals surface area contributed by atoms with Crippen molar-refractivity contribution in [1.29, 1.82) is 0 Å². The molecule has 7 nitrogen and oxygen atoms in total. The van der Waals surface area contributed by atoms with Crippen LogP contribution >= 0.6 is 15.9 Å². The van der Waals surface area contributed by atoms with Crippen LogP contribution in [-0.2, 0) is 14.8 Å².